The molecule has 0 spiro atoms. The quantitative estimate of drug-likeness (QED) is 0.669. The fraction of sp³-hybridized carbons (Fsp3) is 0.211. The number of aliphatic hydroxyl groups is 1. The van der Waals surface area contributed by atoms with E-state index < -0.39 is 0 Å². The van der Waals surface area contributed by atoms with Gasteiger partial charge in [0.15, 0.2) is 5.69 Å². The molecule has 2 N–H and O–H groups in total. The number of hydrogen-bond acceptors (Lipinski definition) is 4. The van der Waals surface area contributed by atoms with Gasteiger partial charge in [-0.25, -0.2) is 4.68 Å². The Balaban J connectivity index is 2.04. The highest BCUT2D eigenvalue weighted by molar-refractivity contribution is 6.04. The predicted octanol–water partition coefficient (Wildman–Crippen LogP) is 1.56. The van der Waals surface area contributed by atoms with E-state index in [1.54, 1.807) is 24.3 Å². The van der Waals surface area contributed by atoms with Crippen LogP contribution in [0.15, 0.2) is 59.4 Å². The Morgan fingerprint density at radius 3 is 2.44 bits per heavy atom. The first-order valence-electron chi connectivity index (χ1n) is 8.13. The van der Waals surface area contributed by atoms with Crippen molar-refractivity contribution < 1.29 is 9.90 Å². The van der Waals surface area contributed by atoms with Gasteiger partial charge in [0.25, 0.3) is 11.5 Å². The van der Waals surface area contributed by atoms with Crippen molar-refractivity contribution in [2.45, 2.75) is 13.0 Å². The highest BCUT2D eigenvalue weighted by atomic mass is 16.3. The average Bonchev–Trinajstić information content (AvgIpc) is 2.65. The molecule has 128 valence electrons. The molecule has 6 nitrogen and oxygen atoms in total. The van der Waals surface area contributed by atoms with E-state index in [1.807, 2.05) is 30.3 Å². The zero-order valence-electron chi connectivity index (χ0n) is 13.7. The second-order valence-corrected chi connectivity index (χ2v) is 5.68. The van der Waals surface area contributed by atoms with E-state index in [0.717, 1.165) is 5.56 Å². The summed E-state index contributed by atoms with van der Waals surface area (Å²) in [4.78, 5) is 25.2. The Morgan fingerprint density at radius 2 is 1.72 bits per heavy atom. The summed E-state index contributed by atoms with van der Waals surface area (Å²) in [5.74, 6) is -0.355. The third-order valence-corrected chi connectivity index (χ3v) is 3.88. The molecule has 0 radical (unpaired) electrons. The number of carbonyl (C=O) groups excluding carboxylic acids is 1. The van der Waals surface area contributed by atoms with Gasteiger partial charge in [-0.3, -0.25) is 9.59 Å². The molecule has 3 rings (SSSR count). The van der Waals surface area contributed by atoms with Gasteiger partial charge in [-0.1, -0.05) is 48.5 Å². The van der Waals surface area contributed by atoms with Gasteiger partial charge < -0.3 is 10.4 Å². The van der Waals surface area contributed by atoms with Crippen LogP contribution in [0.5, 0.6) is 0 Å². The van der Waals surface area contributed by atoms with Gasteiger partial charge in [0.2, 0.25) is 0 Å². The van der Waals surface area contributed by atoms with Crippen LogP contribution in [0.3, 0.4) is 0 Å². The third-order valence-electron chi connectivity index (χ3n) is 3.88. The summed E-state index contributed by atoms with van der Waals surface area (Å²) in [6, 6.07) is 16.5. The van der Waals surface area contributed by atoms with Crippen LogP contribution in [-0.4, -0.2) is 33.9 Å². The van der Waals surface area contributed by atoms with Crippen LogP contribution < -0.4 is 10.9 Å². The summed E-state index contributed by atoms with van der Waals surface area (Å²) in [6.07, 6.45) is 0.466. The van der Waals surface area contributed by atoms with Crippen LogP contribution in [0, 0.1) is 0 Å². The minimum absolute atomic E-state index is 0.00195. The number of carbonyl (C=O) groups is 1. The molecular formula is C19H19N3O3. The normalized spacial score (nSPS) is 10.8. The molecule has 1 heterocycles. The van der Waals surface area contributed by atoms with E-state index in [4.69, 9.17) is 5.11 Å². The number of amides is 1. The minimum atomic E-state index is -0.355. The number of aliphatic hydroxyl groups excluding tert-OH is 1. The standard InChI is InChI=1S/C19H19N3O3/c23-12-6-11-20-18(24)17-15-9-4-5-10-16(15)19(25)22(21-17)13-14-7-2-1-3-8-14/h1-5,7-10,23H,6,11-13H2,(H,20,24). The number of rotatable bonds is 6. The maximum atomic E-state index is 12.7. The van der Waals surface area contributed by atoms with E-state index in [2.05, 4.69) is 10.4 Å². The lowest BCUT2D eigenvalue weighted by Crippen LogP contribution is -2.31. The maximum absolute atomic E-state index is 12.7. The fourth-order valence-corrected chi connectivity index (χ4v) is 2.63. The van der Waals surface area contributed by atoms with E-state index in [1.165, 1.54) is 4.68 Å². The Labute approximate surface area is 144 Å². The summed E-state index contributed by atoms with van der Waals surface area (Å²) in [7, 11) is 0. The van der Waals surface area contributed by atoms with E-state index in [9.17, 15) is 9.59 Å². The van der Waals surface area contributed by atoms with Gasteiger partial charge in [-0.2, -0.15) is 5.10 Å². The summed E-state index contributed by atoms with van der Waals surface area (Å²) in [5, 5.41) is 16.9. The number of hydrogen-bond donors (Lipinski definition) is 2. The third kappa shape index (κ3) is 3.75. The molecule has 3 aromatic rings. The van der Waals surface area contributed by atoms with Crippen molar-refractivity contribution >= 4 is 16.7 Å². The molecule has 0 aliphatic heterocycles. The van der Waals surface area contributed by atoms with Gasteiger partial charge in [-0.15, -0.1) is 0 Å². The number of aromatic nitrogens is 2. The number of fused-ring (bicyclic) bond motifs is 1. The fourth-order valence-electron chi connectivity index (χ4n) is 2.63. The first kappa shape index (κ1) is 16.9. The number of nitrogens with one attached hydrogen (secondary N) is 1. The van der Waals surface area contributed by atoms with Crippen molar-refractivity contribution in [1.82, 2.24) is 15.1 Å². The van der Waals surface area contributed by atoms with Crippen LogP contribution in [0.25, 0.3) is 10.8 Å². The van der Waals surface area contributed by atoms with E-state index >= 15 is 0 Å². The Kier molecular flexibility index (Phi) is 5.20. The largest absolute Gasteiger partial charge is 0.396 e. The molecule has 0 atom stereocenters. The predicted molar refractivity (Wildman–Crippen MR) is 95.6 cm³/mol. The van der Waals surface area contributed by atoms with Crippen molar-refractivity contribution in [2.24, 2.45) is 0 Å². The van der Waals surface area contributed by atoms with Gasteiger partial charge in [0.1, 0.15) is 0 Å². The lowest BCUT2D eigenvalue weighted by molar-refractivity contribution is 0.0945. The molecule has 0 fully saturated rings. The van der Waals surface area contributed by atoms with Crippen molar-refractivity contribution in [2.75, 3.05) is 13.2 Å². The second-order valence-electron chi connectivity index (χ2n) is 5.68. The van der Waals surface area contributed by atoms with Gasteiger partial charge in [-0.05, 0) is 18.1 Å². The summed E-state index contributed by atoms with van der Waals surface area (Å²) < 4.78 is 1.32. The summed E-state index contributed by atoms with van der Waals surface area (Å²) >= 11 is 0. The van der Waals surface area contributed by atoms with E-state index in [0.29, 0.717) is 30.3 Å². The van der Waals surface area contributed by atoms with Gasteiger partial charge in [0.05, 0.1) is 11.9 Å². The number of benzene rings is 2. The monoisotopic (exact) mass is 337 g/mol. The average molecular weight is 337 g/mol. The summed E-state index contributed by atoms with van der Waals surface area (Å²) in [6.45, 7) is 0.645. The van der Waals surface area contributed by atoms with Gasteiger partial charge >= 0.3 is 0 Å². The van der Waals surface area contributed by atoms with Crippen LogP contribution in [0.4, 0.5) is 0 Å². The second kappa shape index (κ2) is 7.72. The lowest BCUT2D eigenvalue weighted by atomic mass is 10.1. The molecule has 0 aliphatic carbocycles. The molecule has 25 heavy (non-hydrogen) atoms. The van der Waals surface area contributed by atoms with Crippen LogP contribution in [0.2, 0.25) is 0 Å². The van der Waals surface area contributed by atoms with Crippen molar-refractivity contribution in [3.63, 3.8) is 0 Å². The first-order chi connectivity index (χ1) is 12.2. The van der Waals surface area contributed by atoms with Gasteiger partial charge in [0, 0.05) is 18.5 Å². The number of nitrogens with zero attached hydrogens (tertiary/aromatic N) is 2. The minimum Gasteiger partial charge on any atom is -0.396 e. The van der Waals surface area contributed by atoms with E-state index in [-0.39, 0.29) is 23.8 Å². The zero-order chi connectivity index (χ0) is 17.6. The molecule has 6 heteroatoms. The molecule has 0 bridgehead atoms. The topological polar surface area (TPSA) is 84.2 Å². The molecule has 0 saturated carbocycles. The smallest absolute Gasteiger partial charge is 0.274 e. The first-order valence-corrected chi connectivity index (χ1v) is 8.13. The van der Waals surface area contributed by atoms with Crippen molar-refractivity contribution in [3.05, 3.63) is 76.2 Å². The van der Waals surface area contributed by atoms with Crippen molar-refractivity contribution in [3.8, 4) is 0 Å². The SMILES string of the molecule is O=C(NCCCO)c1nn(Cc2ccccc2)c(=O)c2ccccc12. The lowest BCUT2D eigenvalue weighted by Gasteiger charge is -2.11. The maximum Gasteiger partial charge on any atom is 0.274 e. The molecule has 2 aromatic carbocycles. The highest BCUT2D eigenvalue weighted by Gasteiger charge is 2.16. The van der Waals surface area contributed by atoms with Crippen LogP contribution >= 0.6 is 0 Å². The molecule has 0 unspecified atom stereocenters. The summed E-state index contributed by atoms with van der Waals surface area (Å²) in [5.41, 5.74) is 0.912. The Morgan fingerprint density at radius 1 is 1.04 bits per heavy atom. The molecule has 1 amide bonds. The molecule has 0 aliphatic rings. The van der Waals surface area contributed by atoms with Crippen molar-refractivity contribution in [1.29, 1.82) is 0 Å². The Bertz CT molecular complexity index is 936. The zero-order valence-corrected chi connectivity index (χ0v) is 13.7. The molecular weight excluding hydrogens is 318 g/mol. The molecule has 1 aromatic heterocycles. The highest BCUT2D eigenvalue weighted by Crippen LogP contribution is 2.14. The molecule has 0 saturated heterocycles. The Hall–Kier alpha value is -2.99. The van der Waals surface area contributed by atoms with Crippen LogP contribution in [-0.2, 0) is 6.54 Å². The van der Waals surface area contributed by atoms with Crippen LogP contribution in [0.1, 0.15) is 22.5 Å².